The van der Waals surface area contributed by atoms with Crippen molar-refractivity contribution in [3.63, 3.8) is 0 Å². The van der Waals surface area contributed by atoms with E-state index in [2.05, 4.69) is 10.3 Å². The fraction of sp³-hybridized carbons (Fsp3) is 0.364. The zero-order chi connectivity index (χ0) is 11.1. The summed E-state index contributed by atoms with van der Waals surface area (Å²) >= 11 is 0. The van der Waals surface area contributed by atoms with Gasteiger partial charge in [-0.25, -0.2) is 0 Å². The van der Waals surface area contributed by atoms with E-state index in [9.17, 15) is 4.79 Å². The zero-order valence-corrected chi connectivity index (χ0v) is 8.64. The second kappa shape index (κ2) is 6.16. The molecular formula is C11H15NO3. The van der Waals surface area contributed by atoms with E-state index >= 15 is 0 Å². The molecule has 0 saturated carbocycles. The Balaban J connectivity index is 2.43. The number of aryl methyl sites for hydroxylation is 1. The topological polar surface area (TPSA) is 58.6 Å². The summed E-state index contributed by atoms with van der Waals surface area (Å²) < 4.78 is 0. The first-order chi connectivity index (χ1) is 7.24. The highest BCUT2D eigenvalue weighted by molar-refractivity contribution is 5.73. The average molecular weight is 209 g/mol. The molecule has 1 atom stereocenters. The quantitative estimate of drug-likeness (QED) is 0.692. The molecule has 4 nitrogen and oxygen atoms in total. The third-order valence-electron chi connectivity index (χ3n) is 2.12. The Morgan fingerprint density at radius 3 is 2.67 bits per heavy atom. The molecule has 1 aromatic rings. The summed E-state index contributed by atoms with van der Waals surface area (Å²) in [5.74, 6) is -0.896. The van der Waals surface area contributed by atoms with Crippen molar-refractivity contribution >= 4 is 5.97 Å². The number of hydrogen-bond donors (Lipinski definition) is 2. The number of hydrogen-bond acceptors (Lipinski definition) is 3. The van der Waals surface area contributed by atoms with E-state index < -0.39 is 12.0 Å². The molecule has 0 aliphatic carbocycles. The van der Waals surface area contributed by atoms with Crippen LogP contribution in [0.2, 0.25) is 0 Å². The molecule has 0 aromatic heterocycles. The van der Waals surface area contributed by atoms with Crippen LogP contribution in [-0.2, 0) is 16.1 Å². The molecule has 0 fully saturated rings. The first-order valence-electron chi connectivity index (χ1n) is 4.79. The van der Waals surface area contributed by atoms with Crippen LogP contribution < -0.4 is 5.48 Å². The van der Waals surface area contributed by atoms with E-state index in [0.717, 1.165) is 5.56 Å². The van der Waals surface area contributed by atoms with Crippen molar-refractivity contribution in [2.75, 3.05) is 7.11 Å². The zero-order valence-electron chi connectivity index (χ0n) is 8.64. The van der Waals surface area contributed by atoms with Crippen LogP contribution in [0.15, 0.2) is 30.3 Å². The van der Waals surface area contributed by atoms with Crippen molar-refractivity contribution in [1.29, 1.82) is 0 Å². The van der Waals surface area contributed by atoms with Gasteiger partial charge >= 0.3 is 5.97 Å². The molecule has 1 aromatic carbocycles. The van der Waals surface area contributed by atoms with E-state index in [1.807, 2.05) is 30.3 Å². The summed E-state index contributed by atoms with van der Waals surface area (Å²) in [5, 5.41) is 8.84. The summed E-state index contributed by atoms with van der Waals surface area (Å²) in [6.07, 6.45) is 1.22. The molecule has 0 saturated heterocycles. The van der Waals surface area contributed by atoms with Crippen molar-refractivity contribution in [2.45, 2.75) is 18.9 Å². The van der Waals surface area contributed by atoms with Crippen LogP contribution in [0.3, 0.4) is 0 Å². The highest BCUT2D eigenvalue weighted by Gasteiger charge is 2.16. The van der Waals surface area contributed by atoms with E-state index in [1.54, 1.807) is 0 Å². The summed E-state index contributed by atoms with van der Waals surface area (Å²) in [7, 11) is 1.42. The second-order valence-electron chi connectivity index (χ2n) is 3.24. The van der Waals surface area contributed by atoms with Gasteiger partial charge in [-0.05, 0) is 18.4 Å². The van der Waals surface area contributed by atoms with Crippen molar-refractivity contribution in [1.82, 2.24) is 5.48 Å². The number of carboxylic acids is 1. The number of aliphatic carboxylic acids is 1. The molecule has 0 aliphatic rings. The van der Waals surface area contributed by atoms with E-state index in [1.165, 1.54) is 7.11 Å². The minimum atomic E-state index is -0.896. The minimum absolute atomic E-state index is 0.507. The molecule has 0 amide bonds. The Hall–Kier alpha value is -1.39. The second-order valence-corrected chi connectivity index (χ2v) is 3.24. The van der Waals surface area contributed by atoms with Crippen LogP contribution in [0.25, 0.3) is 0 Å². The first kappa shape index (κ1) is 11.7. The fourth-order valence-corrected chi connectivity index (χ4v) is 1.33. The summed E-state index contributed by atoms with van der Waals surface area (Å²) in [6.45, 7) is 0. The molecule has 1 rings (SSSR count). The summed E-state index contributed by atoms with van der Waals surface area (Å²) in [5.41, 5.74) is 3.58. The van der Waals surface area contributed by atoms with Gasteiger partial charge in [0.05, 0.1) is 7.11 Å². The number of nitrogens with one attached hydrogen (secondary N) is 1. The summed E-state index contributed by atoms with van der Waals surface area (Å²) in [6, 6.07) is 9.11. The van der Waals surface area contributed by atoms with Crippen molar-refractivity contribution in [3.05, 3.63) is 35.9 Å². The lowest BCUT2D eigenvalue weighted by atomic mass is 10.1. The van der Waals surface area contributed by atoms with Gasteiger partial charge < -0.3 is 9.94 Å². The molecule has 0 spiro atoms. The van der Waals surface area contributed by atoms with Crippen LogP contribution in [-0.4, -0.2) is 24.2 Å². The van der Waals surface area contributed by atoms with Crippen LogP contribution in [0.4, 0.5) is 0 Å². The Labute approximate surface area is 88.8 Å². The highest BCUT2D eigenvalue weighted by atomic mass is 16.6. The number of benzene rings is 1. The standard InChI is InChI=1S/C11H15NO3/c1-15-12-10(11(13)14)8-7-9-5-3-2-4-6-9/h2-6,10,12H,7-8H2,1H3,(H,13,14)/t10-/m0/s1. The lowest BCUT2D eigenvalue weighted by Gasteiger charge is -2.12. The summed E-state index contributed by atoms with van der Waals surface area (Å²) in [4.78, 5) is 15.4. The molecule has 0 aliphatic heterocycles. The predicted octanol–water partition coefficient (Wildman–Crippen LogP) is 1.22. The maximum absolute atomic E-state index is 10.8. The Kier molecular flexibility index (Phi) is 4.80. The Bertz CT molecular complexity index is 300. The third-order valence-corrected chi connectivity index (χ3v) is 2.12. The van der Waals surface area contributed by atoms with Gasteiger partial charge in [0.2, 0.25) is 0 Å². The monoisotopic (exact) mass is 209 g/mol. The van der Waals surface area contributed by atoms with Crippen LogP contribution in [0.1, 0.15) is 12.0 Å². The number of carboxylic acid groups (broad SMARTS) is 1. The molecule has 0 radical (unpaired) electrons. The smallest absolute Gasteiger partial charge is 0.323 e. The van der Waals surface area contributed by atoms with E-state index in [-0.39, 0.29) is 0 Å². The van der Waals surface area contributed by atoms with Gasteiger partial charge in [-0.15, -0.1) is 0 Å². The van der Waals surface area contributed by atoms with Gasteiger partial charge in [0.1, 0.15) is 6.04 Å². The van der Waals surface area contributed by atoms with Crippen molar-refractivity contribution in [3.8, 4) is 0 Å². The van der Waals surface area contributed by atoms with E-state index in [4.69, 9.17) is 5.11 Å². The van der Waals surface area contributed by atoms with Gasteiger partial charge in [0.25, 0.3) is 0 Å². The average Bonchev–Trinajstić information content (AvgIpc) is 2.25. The van der Waals surface area contributed by atoms with Gasteiger partial charge in [-0.3, -0.25) is 4.79 Å². The number of hydroxylamine groups is 1. The highest BCUT2D eigenvalue weighted by Crippen LogP contribution is 2.05. The van der Waals surface area contributed by atoms with Crippen LogP contribution >= 0.6 is 0 Å². The molecule has 4 heteroatoms. The lowest BCUT2D eigenvalue weighted by Crippen LogP contribution is -2.36. The normalized spacial score (nSPS) is 12.3. The molecule has 15 heavy (non-hydrogen) atoms. The maximum atomic E-state index is 10.8. The third kappa shape index (κ3) is 4.10. The lowest BCUT2D eigenvalue weighted by molar-refractivity contribution is -0.143. The molecule has 0 unspecified atom stereocenters. The van der Waals surface area contributed by atoms with Crippen LogP contribution in [0.5, 0.6) is 0 Å². The first-order valence-corrected chi connectivity index (χ1v) is 4.79. The minimum Gasteiger partial charge on any atom is -0.480 e. The molecule has 0 bridgehead atoms. The number of carbonyl (C=O) groups is 1. The Morgan fingerprint density at radius 1 is 1.47 bits per heavy atom. The van der Waals surface area contributed by atoms with Crippen LogP contribution in [0, 0.1) is 0 Å². The van der Waals surface area contributed by atoms with Gasteiger partial charge in [-0.1, -0.05) is 30.3 Å². The van der Waals surface area contributed by atoms with Gasteiger partial charge in [0, 0.05) is 0 Å². The Morgan fingerprint density at radius 2 is 2.13 bits per heavy atom. The fourth-order valence-electron chi connectivity index (χ4n) is 1.33. The SMILES string of the molecule is CON[C@@H](CCc1ccccc1)C(=O)O. The van der Waals surface area contributed by atoms with Crippen molar-refractivity contribution < 1.29 is 14.7 Å². The van der Waals surface area contributed by atoms with Gasteiger partial charge in [-0.2, -0.15) is 5.48 Å². The van der Waals surface area contributed by atoms with Crippen molar-refractivity contribution in [2.24, 2.45) is 0 Å². The number of rotatable bonds is 6. The molecular weight excluding hydrogens is 194 g/mol. The molecule has 82 valence electrons. The van der Waals surface area contributed by atoms with E-state index in [0.29, 0.717) is 12.8 Å². The van der Waals surface area contributed by atoms with Gasteiger partial charge in [0.15, 0.2) is 0 Å². The largest absolute Gasteiger partial charge is 0.480 e. The predicted molar refractivity (Wildman–Crippen MR) is 56.3 cm³/mol. The molecule has 0 heterocycles. The molecule has 2 N–H and O–H groups in total. The maximum Gasteiger partial charge on any atom is 0.323 e.